The lowest BCUT2D eigenvalue weighted by atomic mass is 9.96. The van der Waals surface area contributed by atoms with Crippen LogP contribution in [-0.2, 0) is 9.53 Å². The molecule has 1 aromatic rings. The number of carbonyl (C=O) groups excluding carboxylic acids is 1. The predicted octanol–water partition coefficient (Wildman–Crippen LogP) is 2.83. The highest BCUT2D eigenvalue weighted by atomic mass is 16.6. The molecule has 0 aliphatic carbocycles. The van der Waals surface area contributed by atoms with Crippen LogP contribution < -0.4 is 4.74 Å². The molecule has 1 aromatic carbocycles. The zero-order valence-corrected chi connectivity index (χ0v) is 11.5. The highest BCUT2D eigenvalue weighted by Crippen LogP contribution is 2.32. The van der Waals surface area contributed by atoms with Crippen molar-refractivity contribution in [2.45, 2.75) is 19.3 Å². The van der Waals surface area contributed by atoms with Crippen molar-refractivity contribution in [1.29, 1.82) is 0 Å². The van der Waals surface area contributed by atoms with Crippen LogP contribution >= 0.6 is 0 Å². The Kier molecular flexibility index (Phi) is 5.71. The summed E-state index contributed by atoms with van der Waals surface area (Å²) in [6.07, 6.45) is 2.00. The Hall–Kier alpha value is -2.37. The fourth-order valence-corrected chi connectivity index (χ4v) is 1.85. The Balaban J connectivity index is 3.17. The summed E-state index contributed by atoms with van der Waals surface area (Å²) in [4.78, 5) is 22.2. The zero-order chi connectivity index (χ0) is 15.1. The first kappa shape index (κ1) is 15.7. The second kappa shape index (κ2) is 7.28. The molecule has 0 aliphatic heterocycles. The van der Waals surface area contributed by atoms with Gasteiger partial charge in [-0.05, 0) is 18.1 Å². The summed E-state index contributed by atoms with van der Waals surface area (Å²) >= 11 is 0. The molecule has 6 nitrogen and oxygen atoms in total. The lowest BCUT2D eigenvalue weighted by Gasteiger charge is -2.13. The Labute approximate surface area is 117 Å². The maximum atomic E-state index is 11.6. The topological polar surface area (TPSA) is 78.7 Å². The van der Waals surface area contributed by atoms with Crippen molar-refractivity contribution < 1.29 is 19.2 Å². The first-order chi connectivity index (χ1) is 9.54. The van der Waals surface area contributed by atoms with Crippen molar-refractivity contribution in [1.82, 2.24) is 0 Å². The number of hydrogen-bond acceptors (Lipinski definition) is 5. The molecule has 0 aliphatic rings. The third-order valence-corrected chi connectivity index (χ3v) is 2.83. The van der Waals surface area contributed by atoms with Crippen LogP contribution in [-0.4, -0.2) is 24.6 Å². The van der Waals surface area contributed by atoms with Gasteiger partial charge in [0, 0.05) is 6.07 Å². The molecule has 1 unspecified atom stereocenters. The van der Waals surface area contributed by atoms with E-state index in [-0.39, 0.29) is 18.0 Å². The van der Waals surface area contributed by atoms with E-state index in [9.17, 15) is 14.9 Å². The number of ether oxygens (including phenoxy) is 2. The number of nitro benzene ring substituents is 1. The van der Waals surface area contributed by atoms with E-state index in [2.05, 4.69) is 6.58 Å². The van der Waals surface area contributed by atoms with Gasteiger partial charge in [-0.15, -0.1) is 0 Å². The van der Waals surface area contributed by atoms with Gasteiger partial charge >= 0.3 is 11.7 Å². The molecule has 0 fully saturated rings. The van der Waals surface area contributed by atoms with Crippen molar-refractivity contribution in [3.05, 3.63) is 46.5 Å². The quantitative estimate of drug-likeness (QED) is 0.332. The molecule has 0 radical (unpaired) electrons. The fourth-order valence-electron chi connectivity index (χ4n) is 1.85. The number of nitrogens with zero attached hydrogens (tertiary/aromatic N) is 1. The van der Waals surface area contributed by atoms with E-state index in [0.29, 0.717) is 12.0 Å². The molecule has 0 saturated heterocycles. The lowest BCUT2D eigenvalue weighted by Crippen LogP contribution is -2.13. The SMILES string of the molecule is C=CCOc1ccc(C(CC)C(=O)OC)cc1[N+](=O)[O-]. The smallest absolute Gasteiger partial charge is 0.313 e. The van der Waals surface area contributed by atoms with Crippen molar-refractivity contribution in [2.24, 2.45) is 0 Å². The van der Waals surface area contributed by atoms with Crippen molar-refractivity contribution in [3.63, 3.8) is 0 Å². The minimum Gasteiger partial charge on any atom is -0.483 e. The van der Waals surface area contributed by atoms with E-state index in [4.69, 9.17) is 9.47 Å². The fraction of sp³-hybridized carbons (Fsp3) is 0.357. The third kappa shape index (κ3) is 3.57. The van der Waals surface area contributed by atoms with Crippen LogP contribution in [0.4, 0.5) is 5.69 Å². The summed E-state index contributed by atoms with van der Waals surface area (Å²) in [5.74, 6) is -0.785. The van der Waals surface area contributed by atoms with Gasteiger partial charge in [0.1, 0.15) is 6.61 Å². The van der Waals surface area contributed by atoms with Crippen LogP contribution in [0.5, 0.6) is 5.75 Å². The summed E-state index contributed by atoms with van der Waals surface area (Å²) in [5, 5.41) is 11.1. The number of methoxy groups -OCH3 is 1. The standard InChI is InChI=1S/C14H17NO5/c1-4-8-20-13-7-6-10(9-12(13)15(17)18)11(5-2)14(16)19-3/h4,6-7,9,11H,1,5,8H2,2-3H3. The van der Waals surface area contributed by atoms with Gasteiger partial charge in [-0.25, -0.2) is 0 Å². The van der Waals surface area contributed by atoms with Crippen LogP contribution in [0.1, 0.15) is 24.8 Å². The normalized spacial score (nSPS) is 11.5. The van der Waals surface area contributed by atoms with Gasteiger partial charge in [0.15, 0.2) is 5.75 Å². The van der Waals surface area contributed by atoms with E-state index in [0.717, 1.165) is 0 Å². The van der Waals surface area contributed by atoms with Crippen molar-refractivity contribution in [2.75, 3.05) is 13.7 Å². The molecule has 0 aromatic heterocycles. The Morgan fingerprint density at radius 2 is 2.25 bits per heavy atom. The molecule has 1 atom stereocenters. The summed E-state index contributed by atoms with van der Waals surface area (Å²) in [6, 6.07) is 4.47. The van der Waals surface area contributed by atoms with E-state index in [1.165, 1.54) is 25.3 Å². The molecule has 1 rings (SSSR count). The number of nitro groups is 1. The van der Waals surface area contributed by atoms with Gasteiger partial charge in [-0.2, -0.15) is 0 Å². The maximum Gasteiger partial charge on any atom is 0.313 e. The second-order valence-corrected chi connectivity index (χ2v) is 4.07. The van der Waals surface area contributed by atoms with Gasteiger partial charge in [-0.3, -0.25) is 14.9 Å². The van der Waals surface area contributed by atoms with E-state index in [1.54, 1.807) is 6.07 Å². The van der Waals surface area contributed by atoms with Gasteiger partial charge in [0.05, 0.1) is 18.0 Å². The molecule has 0 saturated carbocycles. The molecular formula is C14H17NO5. The van der Waals surface area contributed by atoms with Crippen LogP contribution in [0.2, 0.25) is 0 Å². The monoisotopic (exact) mass is 279 g/mol. The Morgan fingerprint density at radius 1 is 1.55 bits per heavy atom. The molecule has 6 heteroatoms. The van der Waals surface area contributed by atoms with E-state index >= 15 is 0 Å². The van der Waals surface area contributed by atoms with Gasteiger partial charge in [0.25, 0.3) is 0 Å². The van der Waals surface area contributed by atoms with Gasteiger partial charge < -0.3 is 9.47 Å². The summed E-state index contributed by atoms with van der Waals surface area (Å²) < 4.78 is 9.93. The predicted molar refractivity (Wildman–Crippen MR) is 73.8 cm³/mol. The molecule has 0 heterocycles. The average molecular weight is 279 g/mol. The van der Waals surface area contributed by atoms with Crippen LogP contribution in [0.3, 0.4) is 0 Å². The molecule has 0 amide bonds. The van der Waals surface area contributed by atoms with Crippen molar-refractivity contribution in [3.8, 4) is 5.75 Å². The summed E-state index contributed by atoms with van der Waals surface area (Å²) in [5.41, 5.74) is 0.365. The third-order valence-electron chi connectivity index (χ3n) is 2.83. The van der Waals surface area contributed by atoms with Gasteiger partial charge in [0.2, 0.25) is 0 Å². The highest BCUT2D eigenvalue weighted by Gasteiger charge is 2.24. The first-order valence-electron chi connectivity index (χ1n) is 6.15. The molecule has 20 heavy (non-hydrogen) atoms. The van der Waals surface area contributed by atoms with E-state index in [1.807, 2.05) is 6.92 Å². The highest BCUT2D eigenvalue weighted by molar-refractivity contribution is 5.78. The van der Waals surface area contributed by atoms with Crippen LogP contribution in [0, 0.1) is 10.1 Å². The Morgan fingerprint density at radius 3 is 2.75 bits per heavy atom. The van der Waals surface area contributed by atoms with Crippen LogP contribution in [0.15, 0.2) is 30.9 Å². The summed E-state index contributed by atoms with van der Waals surface area (Å²) in [7, 11) is 1.29. The minimum atomic E-state index is -0.536. The summed E-state index contributed by atoms with van der Waals surface area (Å²) in [6.45, 7) is 5.48. The largest absolute Gasteiger partial charge is 0.483 e. The molecule has 0 spiro atoms. The number of hydrogen-bond donors (Lipinski definition) is 0. The number of benzene rings is 1. The van der Waals surface area contributed by atoms with Crippen molar-refractivity contribution >= 4 is 11.7 Å². The van der Waals surface area contributed by atoms with Gasteiger partial charge in [-0.1, -0.05) is 25.6 Å². The number of rotatable bonds is 7. The maximum absolute atomic E-state index is 11.6. The lowest BCUT2D eigenvalue weighted by molar-refractivity contribution is -0.385. The molecule has 0 N–H and O–H groups in total. The van der Waals surface area contributed by atoms with E-state index < -0.39 is 16.8 Å². The number of esters is 1. The number of carbonyl (C=O) groups is 1. The van der Waals surface area contributed by atoms with Crippen LogP contribution in [0.25, 0.3) is 0 Å². The first-order valence-corrected chi connectivity index (χ1v) is 6.15. The zero-order valence-electron chi connectivity index (χ0n) is 11.5. The molecule has 0 bridgehead atoms. The molecular weight excluding hydrogens is 262 g/mol. The second-order valence-electron chi connectivity index (χ2n) is 4.07. The molecule has 108 valence electrons. The average Bonchev–Trinajstić information content (AvgIpc) is 2.45. The Bertz CT molecular complexity index is 512. The minimum absolute atomic E-state index is 0.151.